The van der Waals surface area contributed by atoms with Crippen molar-refractivity contribution in [2.75, 3.05) is 18.1 Å². The van der Waals surface area contributed by atoms with Gasteiger partial charge >= 0.3 is 5.97 Å². The van der Waals surface area contributed by atoms with Gasteiger partial charge in [0.2, 0.25) is 5.91 Å². The molecule has 1 aliphatic heterocycles. The monoisotopic (exact) mass is 979 g/mol. The van der Waals surface area contributed by atoms with Crippen molar-refractivity contribution in [3.05, 3.63) is 149 Å². The van der Waals surface area contributed by atoms with E-state index in [1.54, 1.807) is 23.5 Å². The van der Waals surface area contributed by atoms with Crippen molar-refractivity contribution in [1.82, 2.24) is 45.0 Å². The van der Waals surface area contributed by atoms with E-state index in [4.69, 9.17) is 24.2 Å². The molecule has 0 radical (unpaired) electrons. The van der Waals surface area contributed by atoms with Gasteiger partial charge in [-0.25, -0.2) is 19.9 Å². The first-order chi connectivity index (χ1) is 33.7. The van der Waals surface area contributed by atoms with Gasteiger partial charge in [0.25, 0.3) is 5.24 Å². The van der Waals surface area contributed by atoms with Crippen LogP contribution in [0.2, 0.25) is 0 Å². The number of carbonyl (C=O) groups excluding carboxylic acids is 3. The molecule has 1 fully saturated rings. The minimum Gasteiger partial charge on any atom is -0.486 e. The predicted molar refractivity (Wildman–Crippen MR) is 270 cm³/mol. The number of thioether (sulfide) groups is 3. The van der Waals surface area contributed by atoms with Crippen molar-refractivity contribution in [2.45, 2.75) is 62.2 Å². The first kappa shape index (κ1) is 47.2. The number of carbonyl (C=O) groups is 3. The number of esters is 1. The number of aromatic nitrogens is 8. The molecule has 1 atom stereocenters. The molecule has 4 heterocycles. The highest BCUT2D eigenvalue weighted by atomic mass is 32.2. The van der Waals surface area contributed by atoms with Crippen molar-refractivity contribution >= 4 is 63.4 Å². The zero-order valence-corrected chi connectivity index (χ0v) is 40.7. The van der Waals surface area contributed by atoms with Crippen LogP contribution in [-0.4, -0.2) is 80.2 Å². The molecule has 0 bridgehead atoms. The summed E-state index contributed by atoms with van der Waals surface area (Å²) in [6, 6.07) is 37.8. The van der Waals surface area contributed by atoms with Gasteiger partial charge in [0, 0.05) is 53.8 Å². The van der Waals surface area contributed by atoms with E-state index in [1.807, 2.05) is 102 Å². The van der Waals surface area contributed by atoms with Crippen molar-refractivity contribution in [2.24, 2.45) is 7.05 Å². The number of rotatable bonds is 21. The van der Waals surface area contributed by atoms with Gasteiger partial charge in [-0.3, -0.25) is 14.9 Å². The number of aryl methyl sites for hydroxylation is 2. The number of hydrogen-bond acceptors (Lipinski definition) is 14. The third kappa shape index (κ3) is 11.4. The summed E-state index contributed by atoms with van der Waals surface area (Å²) < 4.78 is 22.0. The van der Waals surface area contributed by atoms with Gasteiger partial charge in [0.15, 0.2) is 11.5 Å². The van der Waals surface area contributed by atoms with Crippen molar-refractivity contribution in [3.8, 4) is 39.8 Å². The van der Waals surface area contributed by atoms with Crippen LogP contribution in [0.3, 0.4) is 0 Å². The Balaban J connectivity index is 0.773. The molecule has 3 aromatic heterocycles. The average molecular weight is 980 g/mol. The lowest BCUT2D eigenvalue weighted by atomic mass is 9.98. The normalized spacial score (nSPS) is 13.5. The van der Waals surface area contributed by atoms with Crippen LogP contribution in [0, 0.1) is 0 Å². The maximum absolute atomic E-state index is 13.6. The second-order valence-electron chi connectivity index (χ2n) is 16.1. The number of imide groups is 1. The Hall–Kier alpha value is -6.89. The molecule has 1 aliphatic rings. The second kappa shape index (κ2) is 22.0. The molecular formula is C51H49N9O6S3. The molecule has 0 saturated carbocycles. The molecule has 1 saturated heterocycles. The second-order valence-corrected chi connectivity index (χ2v) is 19.6. The average Bonchev–Trinajstić information content (AvgIpc) is 4.16. The number of fused-ring (bicyclic) bond motifs is 1. The van der Waals surface area contributed by atoms with Crippen molar-refractivity contribution in [3.63, 3.8) is 0 Å². The maximum atomic E-state index is 13.6. The fourth-order valence-corrected chi connectivity index (χ4v) is 10.8. The van der Waals surface area contributed by atoms with Crippen LogP contribution in [0.4, 0.5) is 4.79 Å². The fourth-order valence-electron chi connectivity index (χ4n) is 8.00. The lowest BCUT2D eigenvalue weighted by molar-refractivity contribution is -0.118. The molecule has 69 heavy (non-hydrogen) atoms. The number of ether oxygens (including phenoxy) is 3. The molecule has 18 heteroatoms. The van der Waals surface area contributed by atoms with Gasteiger partial charge in [0.1, 0.15) is 35.5 Å². The third-order valence-corrected chi connectivity index (χ3v) is 14.6. The fraction of sp³-hybridized carbons (Fsp3) is 0.255. The molecule has 2 N–H and O–H groups in total. The quantitative estimate of drug-likeness (QED) is 0.0394. The smallest absolute Gasteiger partial charge is 0.356 e. The Morgan fingerprint density at radius 1 is 0.826 bits per heavy atom. The van der Waals surface area contributed by atoms with Gasteiger partial charge in [-0.1, -0.05) is 79.3 Å². The minimum absolute atomic E-state index is 0.248. The van der Waals surface area contributed by atoms with Crippen molar-refractivity contribution < 1.29 is 28.6 Å². The summed E-state index contributed by atoms with van der Waals surface area (Å²) >= 11 is 4.55. The van der Waals surface area contributed by atoms with Crippen LogP contribution in [-0.2, 0) is 48.3 Å². The number of imidazole rings is 2. The van der Waals surface area contributed by atoms with Crippen LogP contribution < -0.4 is 14.8 Å². The highest BCUT2D eigenvalue weighted by Gasteiger charge is 2.31. The van der Waals surface area contributed by atoms with Gasteiger partial charge in [-0.15, -0.1) is 16.9 Å². The zero-order chi connectivity index (χ0) is 47.7. The zero-order valence-electron chi connectivity index (χ0n) is 38.2. The summed E-state index contributed by atoms with van der Waals surface area (Å²) in [5, 5.41) is 16.1. The number of tetrazole rings is 1. The molecule has 2 amide bonds. The molecule has 15 nitrogen and oxygen atoms in total. The Labute approximate surface area is 411 Å². The van der Waals surface area contributed by atoms with Crippen LogP contribution >= 0.6 is 35.3 Å². The molecular weight excluding hydrogens is 931 g/mol. The SMILES string of the molecule is CCCc1nc(CSCCSc2ccc(Oc3ccc4nc(COc5ccc(CC6SC(=O)NC6=O)cc5)n(C)c4c3)cc2)c(C(=O)OCC)n1Cc1ccc(-c2ccccc2-c2nnn[nH]2)cc1. The summed E-state index contributed by atoms with van der Waals surface area (Å²) in [7, 11) is 1.95. The topological polar surface area (TPSA) is 181 Å². The summed E-state index contributed by atoms with van der Waals surface area (Å²) in [4.78, 5) is 48.0. The van der Waals surface area contributed by atoms with Crippen LogP contribution in [0.15, 0.2) is 120 Å². The number of hydrogen-bond donors (Lipinski definition) is 2. The first-order valence-electron chi connectivity index (χ1n) is 22.6. The van der Waals surface area contributed by atoms with Crippen molar-refractivity contribution in [1.29, 1.82) is 0 Å². The van der Waals surface area contributed by atoms with E-state index in [0.29, 0.717) is 41.7 Å². The Kier molecular flexibility index (Phi) is 15.1. The largest absolute Gasteiger partial charge is 0.486 e. The summed E-state index contributed by atoms with van der Waals surface area (Å²) in [6.45, 7) is 4.99. The number of amides is 2. The van der Waals surface area contributed by atoms with E-state index in [2.05, 4.69) is 69.3 Å². The van der Waals surface area contributed by atoms with Gasteiger partial charge in [-0.05, 0) is 101 Å². The predicted octanol–water partition coefficient (Wildman–Crippen LogP) is 10.1. The Bertz CT molecular complexity index is 3070. The molecule has 0 spiro atoms. The van der Waals surface area contributed by atoms with E-state index >= 15 is 0 Å². The van der Waals surface area contributed by atoms with Gasteiger partial charge in [0.05, 0.1) is 28.6 Å². The third-order valence-electron chi connectivity index (χ3n) is 11.4. The Morgan fingerprint density at radius 2 is 1.58 bits per heavy atom. The number of benzene rings is 5. The lowest BCUT2D eigenvalue weighted by Crippen LogP contribution is -2.25. The van der Waals surface area contributed by atoms with Gasteiger partial charge in [-0.2, -0.15) is 11.8 Å². The summed E-state index contributed by atoms with van der Waals surface area (Å²) in [5.41, 5.74) is 7.98. The molecule has 352 valence electrons. The summed E-state index contributed by atoms with van der Waals surface area (Å²) in [6.07, 6.45) is 2.11. The molecule has 1 unspecified atom stereocenters. The molecule has 8 aromatic rings. The van der Waals surface area contributed by atoms with Gasteiger partial charge < -0.3 is 23.3 Å². The lowest BCUT2D eigenvalue weighted by Gasteiger charge is -2.13. The standard InChI is InChI=1S/C51H49N9O6S3/c1-4-8-45-53-42(47(50(62)64-5-2)60(45)29-33-11-15-34(16-12-33)39-9-6-7-10-40(39)48-55-57-58-56-48)31-67-25-26-68-38-22-19-36(20-23-38)66-37-21-24-41-43(28-37)59(3)46(52-41)30-65-35-17-13-32(14-18-35)27-44-49(61)54-51(63)69-44/h6-7,9-24,28,44H,4-5,8,25-27,29-31H2,1-3H3,(H,54,61,63)(H,55,56,57,58). The Morgan fingerprint density at radius 3 is 2.30 bits per heavy atom. The van der Waals surface area contributed by atoms with Crippen LogP contribution in [0.1, 0.15) is 59.2 Å². The van der Waals surface area contributed by atoms with E-state index in [9.17, 15) is 14.4 Å². The van der Waals surface area contributed by atoms with E-state index in [0.717, 1.165) is 103 Å². The summed E-state index contributed by atoms with van der Waals surface area (Å²) in [5.74, 6) is 6.09. The maximum Gasteiger partial charge on any atom is 0.356 e. The van der Waals surface area contributed by atoms with E-state index in [1.165, 1.54) is 0 Å². The number of aromatic amines is 1. The van der Waals surface area contributed by atoms with Crippen LogP contribution in [0.5, 0.6) is 17.2 Å². The molecule has 5 aromatic carbocycles. The number of H-pyrrole nitrogens is 1. The van der Waals surface area contributed by atoms with Crippen LogP contribution in [0.25, 0.3) is 33.5 Å². The van der Waals surface area contributed by atoms with E-state index in [-0.39, 0.29) is 30.3 Å². The van der Waals surface area contributed by atoms with E-state index < -0.39 is 5.25 Å². The first-order valence-corrected chi connectivity index (χ1v) is 25.6. The molecule has 0 aliphatic carbocycles. The minimum atomic E-state index is -0.408. The number of nitrogens with zero attached hydrogens (tertiary/aromatic N) is 7. The highest BCUT2D eigenvalue weighted by molar-refractivity contribution is 8.15. The number of nitrogens with one attached hydrogen (secondary N) is 2. The molecule has 9 rings (SSSR count). The highest BCUT2D eigenvalue weighted by Crippen LogP contribution is 2.32.